The second-order valence-electron chi connectivity index (χ2n) is 5.77. The number of carbonyl (C=O) groups is 2. The lowest BCUT2D eigenvalue weighted by Crippen LogP contribution is -2.50. The van der Waals surface area contributed by atoms with E-state index in [-0.39, 0.29) is 29.8 Å². The van der Waals surface area contributed by atoms with E-state index in [1.54, 1.807) is 22.7 Å². The van der Waals surface area contributed by atoms with Crippen molar-refractivity contribution in [2.45, 2.75) is 37.7 Å². The van der Waals surface area contributed by atoms with E-state index >= 15 is 0 Å². The minimum absolute atomic E-state index is 0.0609. The third-order valence-corrected chi connectivity index (χ3v) is 5.68. The topological polar surface area (TPSA) is 58.6 Å². The van der Waals surface area contributed by atoms with Crippen molar-refractivity contribution >= 4 is 35.2 Å². The third kappa shape index (κ3) is 4.23. The van der Waals surface area contributed by atoms with Gasteiger partial charge in [0, 0.05) is 29.5 Å². The molecule has 5 nitrogen and oxygen atoms in total. The Morgan fingerprint density at radius 3 is 2.79 bits per heavy atom. The normalized spacial score (nSPS) is 21.6. The maximum Gasteiger partial charge on any atom is 0.250 e. The van der Waals surface area contributed by atoms with Gasteiger partial charge in [-0.1, -0.05) is 36.7 Å². The molecule has 0 unspecified atom stereocenters. The number of hydrogen-bond acceptors (Lipinski definition) is 4. The number of hydrogen-bond donors (Lipinski definition) is 1. The molecule has 132 valence electrons. The number of benzene rings is 1. The molecule has 2 rings (SSSR count). The fraction of sp³-hybridized carbons (Fsp3) is 0.529. The zero-order valence-electron chi connectivity index (χ0n) is 14.1. The summed E-state index contributed by atoms with van der Waals surface area (Å²) in [6.07, 6.45) is 0.839. The minimum atomic E-state index is -0.520. The van der Waals surface area contributed by atoms with Gasteiger partial charge in [0.25, 0.3) is 0 Å². The van der Waals surface area contributed by atoms with Gasteiger partial charge in [0.05, 0.1) is 0 Å². The molecular weight excluding hydrogens is 348 g/mol. The molecule has 2 amide bonds. The number of halogens is 1. The van der Waals surface area contributed by atoms with Crippen molar-refractivity contribution in [3.8, 4) is 0 Å². The Balaban J connectivity index is 2.28. The molecule has 1 aliphatic heterocycles. The van der Waals surface area contributed by atoms with Crippen molar-refractivity contribution in [3.05, 3.63) is 34.9 Å². The molecule has 3 atom stereocenters. The van der Waals surface area contributed by atoms with Crippen LogP contribution in [-0.4, -0.2) is 48.3 Å². The van der Waals surface area contributed by atoms with E-state index in [1.807, 2.05) is 32.0 Å². The third-order valence-electron chi connectivity index (χ3n) is 4.03. The molecule has 1 N–H and O–H groups in total. The monoisotopic (exact) mass is 370 g/mol. The molecule has 1 fully saturated rings. The van der Waals surface area contributed by atoms with Crippen molar-refractivity contribution in [1.82, 2.24) is 10.2 Å². The van der Waals surface area contributed by atoms with Gasteiger partial charge < -0.3 is 15.0 Å². The molecule has 1 heterocycles. The Labute approximate surface area is 152 Å². The van der Waals surface area contributed by atoms with Gasteiger partial charge in [0.1, 0.15) is 18.0 Å². The maximum atomic E-state index is 12.6. The fourth-order valence-corrected chi connectivity index (χ4v) is 4.36. The molecular formula is C17H23ClN2O3S. The van der Waals surface area contributed by atoms with Crippen LogP contribution in [0.1, 0.15) is 31.2 Å². The average molecular weight is 371 g/mol. The SMILES string of the molecule is CC[C@H](C)NC(=O)[C@@H]1CS[C@H](c2ccccc2Cl)N1C(=O)COC. The van der Waals surface area contributed by atoms with Gasteiger partial charge in [0.15, 0.2) is 0 Å². The van der Waals surface area contributed by atoms with Crippen LogP contribution in [0.25, 0.3) is 0 Å². The fourth-order valence-electron chi connectivity index (χ4n) is 2.57. The summed E-state index contributed by atoms with van der Waals surface area (Å²) in [6, 6.07) is 6.97. The Hall–Kier alpha value is -1.24. The van der Waals surface area contributed by atoms with Crippen molar-refractivity contribution in [3.63, 3.8) is 0 Å². The van der Waals surface area contributed by atoms with Crippen molar-refractivity contribution in [2.24, 2.45) is 0 Å². The highest BCUT2D eigenvalue weighted by Gasteiger charge is 2.42. The molecule has 1 saturated heterocycles. The summed E-state index contributed by atoms with van der Waals surface area (Å²) >= 11 is 7.85. The molecule has 1 aliphatic rings. The number of nitrogens with zero attached hydrogens (tertiary/aromatic N) is 1. The molecule has 0 spiro atoms. The summed E-state index contributed by atoms with van der Waals surface area (Å²) in [5.74, 6) is 0.195. The van der Waals surface area contributed by atoms with Gasteiger partial charge in [0.2, 0.25) is 11.8 Å². The van der Waals surface area contributed by atoms with Crippen molar-refractivity contribution in [1.29, 1.82) is 0 Å². The number of methoxy groups -OCH3 is 1. The Morgan fingerprint density at radius 2 is 2.17 bits per heavy atom. The van der Waals surface area contributed by atoms with Gasteiger partial charge >= 0.3 is 0 Å². The van der Waals surface area contributed by atoms with Gasteiger partial charge in [-0.3, -0.25) is 9.59 Å². The maximum absolute atomic E-state index is 12.6. The van der Waals surface area contributed by atoms with Crippen LogP contribution >= 0.6 is 23.4 Å². The van der Waals surface area contributed by atoms with Crippen LogP contribution in [0.15, 0.2) is 24.3 Å². The number of rotatable bonds is 6. The summed E-state index contributed by atoms with van der Waals surface area (Å²) in [5.41, 5.74) is 0.840. The highest BCUT2D eigenvalue weighted by molar-refractivity contribution is 7.99. The molecule has 0 bridgehead atoms. The summed E-state index contributed by atoms with van der Waals surface area (Å²) in [4.78, 5) is 26.8. The van der Waals surface area contributed by atoms with E-state index < -0.39 is 6.04 Å². The predicted molar refractivity (Wildman–Crippen MR) is 97.1 cm³/mol. The van der Waals surface area contributed by atoms with E-state index in [4.69, 9.17) is 16.3 Å². The highest BCUT2D eigenvalue weighted by atomic mass is 35.5. The Bertz CT molecular complexity index is 599. The second-order valence-corrected chi connectivity index (χ2v) is 7.30. The summed E-state index contributed by atoms with van der Waals surface area (Å²) in [7, 11) is 1.47. The standard InChI is InChI=1S/C17H23ClN2O3S/c1-4-11(2)19-16(22)14-10-24-17(20(14)15(21)9-23-3)12-7-5-6-8-13(12)18/h5-8,11,14,17H,4,9-10H2,1-3H3,(H,19,22)/t11-,14-,17+/m0/s1. The van der Waals surface area contributed by atoms with E-state index in [9.17, 15) is 9.59 Å². The van der Waals surface area contributed by atoms with Crippen LogP contribution in [0.5, 0.6) is 0 Å². The van der Waals surface area contributed by atoms with Crippen LogP contribution in [0, 0.1) is 0 Å². The van der Waals surface area contributed by atoms with Crippen LogP contribution in [-0.2, 0) is 14.3 Å². The Kier molecular flexibility index (Phi) is 6.95. The largest absolute Gasteiger partial charge is 0.375 e. The van der Waals surface area contributed by atoms with E-state index in [0.717, 1.165) is 12.0 Å². The molecule has 0 aromatic heterocycles. The molecule has 0 radical (unpaired) electrons. The summed E-state index contributed by atoms with van der Waals surface area (Å²) in [5, 5.41) is 3.27. The minimum Gasteiger partial charge on any atom is -0.375 e. The van der Waals surface area contributed by atoms with Crippen LogP contribution in [0.2, 0.25) is 5.02 Å². The molecule has 1 aromatic rings. The molecule has 0 aliphatic carbocycles. The number of amides is 2. The lowest BCUT2D eigenvalue weighted by Gasteiger charge is -2.30. The van der Waals surface area contributed by atoms with Gasteiger partial charge in [-0.2, -0.15) is 0 Å². The number of carbonyl (C=O) groups excluding carboxylic acids is 2. The lowest BCUT2D eigenvalue weighted by atomic mass is 10.1. The van der Waals surface area contributed by atoms with Crippen LogP contribution < -0.4 is 5.32 Å². The predicted octanol–water partition coefficient (Wildman–Crippen LogP) is 2.84. The summed E-state index contributed by atoms with van der Waals surface area (Å²) < 4.78 is 5.00. The smallest absolute Gasteiger partial charge is 0.250 e. The van der Waals surface area contributed by atoms with Gasteiger partial charge in [-0.15, -0.1) is 11.8 Å². The van der Waals surface area contributed by atoms with E-state index in [2.05, 4.69) is 5.32 Å². The summed E-state index contributed by atoms with van der Waals surface area (Å²) in [6.45, 7) is 3.90. The van der Waals surface area contributed by atoms with E-state index in [0.29, 0.717) is 10.8 Å². The average Bonchev–Trinajstić information content (AvgIpc) is 3.00. The van der Waals surface area contributed by atoms with Crippen molar-refractivity contribution < 1.29 is 14.3 Å². The molecule has 0 saturated carbocycles. The zero-order valence-corrected chi connectivity index (χ0v) is 15.7. The first-order valence-electron chi connectivity index (χ1n) is 7.96. The van der Waals surface area contributed by atoms with E-state index in [1.165, 1.54) is 7.11 Å². The lowest BCUT2D eigenvalue weighted by molar-refractivity contribution is -0.143. The quantitative estimate of drug-likeness (QED) is 0.836. The molecule has 1 aromatic carbocycles. The number of thioether (sulfide) groups is 1. The van der Waals surface area contributed by atoms with Crippen molar-refractivity contribution in [2.75, 3.05) is 19.5 Å². The number of nitrogens with one attached hydrogen (secondary N) is 1. The van der Waals surface area contributed by atoms with Gasteiger partial charge in [-0.05, 0) is 19.4 Å². The number of ether oxygens (including phenoxy) is 1. The molecule has 7 heteroatoms. The second kappa shape index (κ2) is 8.74. The zero-order chi connectivity index (χ0) is 17.7. The first-order valence-corrected chi connectivity index (χ1v) is 9.38. The highest BCUT2D eigenvalue weighted by Crippen LogP contribution is 2.43. The van der Waals surface area contributed by atoms with Crippen LogP contribution in [0.4, 0.5) is 0 Å². The first kappa shape index (κ1) is 19.1. The molecule has 24 heavy (non-hydrogen) atoms. The van der Waals surface area contributed by atoms with Crippen LogP contribution in [0.3, 0.4) is 0 Å². The van der Waals surface area contributed by atoms with Gasteiger partial charge in [-0.25, -0.2) is 0 Å². The first-order chi connectivity index (χ1) is 11.5. The Morgan fingerprint density at radius 1 is 1.46 bits per heavy atom.